The fourth-order valence-electron chi connectivity index (χ4n) is 2.87. The number of carbonyl (C=O) groups is 2. The number of hydrogen-bond donors (Lipinski definition) is 2. The van der Waals surface area contributed by atoms with Gasteiger partial charge in [-0.25, -0.2) is 0 Å². The van der Waals surface area contributed by atoms with Gasteiger partial charge in [0.2, 0.25) is 5.91 Å². The Kier molecular flexibility index (Phi) is 4.79. The van der Waals surface area contributed by atoms with Gasteiger partial charge in [0.15, 0.2) is 0 Å². The van der Waals surface area contributed by atoms with Gasteiger partial charge in [0.05, 0.1) is 0 Å². The highest BCUT2D eigenvalue weighted by Gasteiger charge is 2.13. The van der Waals surface area contributed by atoms with Crippen molar-refractivity contribution in [3.05, 3.63) is 54.1 Å². The van der Waals surface area contributed by atoms with Crippen molar-refractivity contribution >= 4 is 28.9 Å². The minimum absolute atomic E-state index is 0.133. The third-order valence-corrected chi connectivity index (χ3v) is 4.04. The van der Waals surface area contributed by atoms with Gasteiger partial charge in [-0.05, 0) is 55.3 Å². The van der Waals surface area contributed by atoms with Gasteiger partial charge in [-0.15, -0.1) is 0 Å². The van der Waals surface area contributed by atoms with E-state index in [4.69, 9.17) is 0 Å². The normalized spacial score (nSPS) is 13.6. The largest absolute Gasteiger partial charge is 0.371 e. The zero-order chi connectivity index (χ0) is 16.9. The standard InChI is InChI=1S/C19H21N3O2/c1-14(23)20-16-9-7-15(8-10-16)19(24)21-17-5-4-6-18(13-17)22-11-2-3-12-22/h4-10,13H,2-3,11-12H2,1H3,(H,20,23)(H,21,24). The second kappa shape index (κ2) is 7.17. The Bertz CT molecular complexity index is 735. The highest BCUT2D eigenvalue weighted by Crippen LogP contribution is 2.23. The monoisotopic (exact) mass is 323 g/mol. The maximum atomic E-state index is 12.4. The molecule has 5 nitrogen and oxygen atoms in total. The maximum Gasteiger partial charge on any atom is 0.255 e. The van der Waals surface area contributed by atoms with Crippen molar-refractivity contribution < 1.29 is 9.59 Å². The first kappa shape index (κ1) is 16.1. The number of anilines is 3. The summed E-state index contributed by atoms with van der Waals surface area (Å²) in [5, 5.41) is 5.61. The molecule has 2 N–H and O–H groups in total. The lowest BCUT2D eigenvalue weighted by atomic mass is 10.2. The number of carbonyl (C=O) groups excluding carboxylic acids is 2. The van der Waals surface area contributed by atoms with Crippen LogP contribution in [0.1, 0.15) is 30.1 Å². The molecule has 0 radical (unpaired) electrons. The topological polar surface area (TPSA) is 61.4 Å². The maximum absolute atomic E-state index is 12.4. The molecule has 1 fully saturated rings. The zero-order valence-electron chi connectivity index (χ0n) is 13.7. The van der Waals surface area contributed by atoms with Gasteiger partial charge in [0.1, 0.15) is 0 Å². The highest BCUT2D eigenvalue weighted by atomic mass is 16.2. The zero-order valence-corrected chi connectivity index (χ0v) is 13.7. The fraction of sp³-hybridized carbons (Fsp3) is 0.263. The molecule has 0 aromatic heterocycles. The number of benzene rings is 2. The third kappa shape index (κ3) is 3.93. The van der Waals surface area contributed by atoms with E-state index in [1.54, 1.807) is 24.3 Å². The second-order valence-electron chi connectivity index (χ2n) is 5.96. The number of amides is 2. The van der Waals surface area contributed by atoms with E-state index in [1.807, 2.05) is 18.2 Å². The molecular weight excluding hydrogens is 302 g/mol. The summed E-state index contributed by atoms with van der Waals surface area (Å²) in [4.78, 5) is 25.7. The van der Waals surface area contributed by atoms with Crippen LogP contribution >= 0.6 is 0 Å². The van der Waals surface area contributed by atoms with E-state index >= 15 is 0 Å². The van der Waals surface area contributed by atoms with Crippen LogP contribution in [0.3, 0.4) is 0 Å². The Morgan fingerprint density at radius 3 is 2.29 bits per heavy atom. The summed E-state index contributed by atoms with van der Waals surface area (Å²) < 4.78 is 0. The predicted octanol–water partition coefficient (Wildman–Crippen LogP) is 3.50. The molecule has 2 amide bonds. The smallest absolute Gasteiger partial charge is 0.255 e. The van der Waals surface area contributed by atoms with Crippen molar-refractivity contribution in [2.45, 2.75) is 19.8 Å². The van der Waals surface area contributed by atoms with Crippen LogP contribution in [-0.2, 0) is 4.79 Å². The Balaban J connectivity index is 1.68. The summed E-state index contributed by atoms with van der Waals surface area (Å²) in [5.74, 6) is -0.297. The molecule has 0 atom stereocenters. The molecule has 0 spiro atoms. The quantitative estimate of drug-likeness (QED) is 0.905. The molecule has 3 rings (SSSR count). The molecular formula is C19H21N3O2. The van der Waals surface area contributed by atoms with E-state index in [0.717, 1.165) is 24.5 Å². The summed E-state index contributed by atoms with van der Waals surface area (Å²) in [6.45, 7) is 3.60. The lowest BCUT2D eigenvalue weighted by Gasteiger charge is -2.18. The molecule has 0 aliphatic carbocycles. The van der Waals surface area contributed by atoms with Gasteiger partial charge in [0, 0.05) is 42.6 Å². The van der Waals surface area contributed by atoms with E-state index in [2.05, 4.69) is 21.6 Å². The Labute approximate surface area is 141 Å². The number of rotatable bonds is 4. The number of nitrogens with one attached hydrogen (secondary N) is 2. The lowest BCUT2D eigenvalue weighted by Crippen LogP contribution is -2.18. The molecule has 2 aromatic carbocycles. The van der Waals surface area contributed by atoms with Gasteiger partial charge in [0.25, 0.3) is 5.91 Å². The first-order valence-corrected chi connectivity index (χ1v) is 8.16. The first-order chi connectivity index (χ1) is 11.6. The number of nitrogens with zero attached hydrogens (tertiary/aromatic N) is 1. The minimum atomic E-state index is -0.164. The van der Waals surface area contributed by atoms with Crippen LogP contribution in [0.4, 0.5) is 17.1 Å². The molecule has 124 valence electrons. The van der Waals surface area contributed by atoms with Gasteiger partial charge in [-0.2, -0.15) is 0 Å². The summed E-state index contributed by atoms with van der Waals surface area (Å²) in [5.41, 5.74) is 3.16. The van der Waals surface area contributed by atoms with Crippen molar-refractivity contribution in [3.63, 3.8) is 0 Å². The van der Waals surface area contributed by atoms with Crippen LogP contribution in [0, 0.1) is 0 Å². The highest BCUT2D eigenvalue weighted by molar-refractivity contribution is 6.04. The fourth-order valence-corrected chi connectivity index (χ4v) is 2.87. The van der Waals surface area contributed by atoms with Crippen molar-refractivity contribution in [3.8, 4) is 0 Å². The number of hydrogen-bond acceptors (Lipinski definition) is 3. The van der Waals surface area contributed by atoms with Gasteiger partial charge >= 0.3 is 0 Å². The van der Waals surface area contributed by atoms with Crippen LogP contribution in [0.2, 0.25) is 0 Å². The van der Waals surface area contributed by atoms with Crippen molar-refractivity contribution in [2.75, 3.05) is 28.6 Å². The van der Waals surface area contributed by atoms with Gasteiger partial charge < -0.3 is 15.5 Å². The van der Waals surface area contributed by atoms with Crippen LogP contribution in [0.25, 0.3) is 0 Å². The Morgan fingerprint density at radius 2 is 1.62 bits per heavy atom. The molecule has 2 aromatic rings. The third-order valence-electron chi connectivity index (χ3n) is 4.04. The molecule has 1 saturated heterocycles. The molecule has 5 heteroatoms. The summed E-state index contributed by atoms with van der Waals surface area (Å²) >= 11 is 0. The first-order valence-electron chi connectivity index (χ1n) is 8.16. The summed E-state index contributed by atoms with van der Waals surface area (Å²) in [6, 6.07) is 14.8. The minimum Gasteiger partial charge on any atom is -0.371 e. The Hall–Kier alpha value is -2.82. The average Bonchev–Trinajstić information content (AvgIpc) is 3.10. The Morgan fingerprint density at radius 1 is 0.917 bits per heavy atom. The van der Waals surface area contributed by atoms with Gasteiger partial charge in [-0.3, -0.25) is 9.59 Å². The molecule has 1 heterocycles. The van der Waals surface area contributed by atoms with E-state index in [0.29, 0.717) is 11.3 Å². The second-order valence-corrected chi connectivity index (χ2v) is 5.96. The van der Waals surface area contributed by atoms with Crippen LogP contribution in [0.5, 0.6) is 0 Å². The average molecular weight is 323 g/mol. The van der Waals surface area contributed by atoms with Crippen molar-refractivity contribution in [1.29, 1.82) is 0 Å². The molecule has 1 aliphatic heterocycles. The van der Waals surface area contributed by atoms with Crippen LogP contribution in [0.15, 0.2) is 48.5 Å². The van der Waals surface area contributed by atoms with E-state index in [9.17, 15) is 9.59 Å². The SMILES string of the molecule is CC(=O)Nc1ccc(C(=O)Nc2cccc(N3CCCC3)c2)cc1. The summed E-state index contributed by atoms with van der Waals surface area (Å²) in [7, 11) is 0. The molecule has 0 saturated carbocycles. The van der Waals surface area contributed by atoms with Crippen LogP contribution in [-0.4, -0.2) is 24.9 Å². The molecule has 1 aliphatic rings. The molecule has 0 unspecified atom stereocenters. The van der Waals surface area contributed by atoms with Crippen molar-refractivity contribution in [1.82, 2.24) is 0 Å². The van der Waals surface area contributed by atoms with E-state index in [-0.39, 0.29) is 11.8 Å². The molecule has 24 heavy (non-hydrogen) atoms. The van der Waals surface area contributed by atoms with E-state index < -0.39 is 0 Å². The van der Waals surface area contributed by atoms with Crippen molar-refractivity contribution in [2.24, 2.45) is 0 Å². The van der Waals surface area contributed by atoms with Gasteiger partial charge in [-0.1, -0.05) is 6.07 Å². The molecule has 0 bridgehead atoms. The lowest BCUT2D eigenvalue weighted by molar-refractivity contribution is -0.114. The van der Waals surface area contributed by atoms with Crippen LogP contribution < -0.4 is 15.5 Å². The van der Waals surface area contributed by atoms with E-state index in [1.165, 1.54) is 19.8 Å². The summed E-state index contributed by atoms with van der Waals surface area (Å²) in [6.07, 6.45) is 2.44. The predicted molar refractivity (Wildman–Crippen MR) is 96.6 cm³/mol.